The van der Waals surface area contributed by atoms with Crippen LogP contribution in [-0.4, -0.2) is 24.5 Å². The van der Waals surface area contributed by atoms with E-state index in [1.807, 2.05) is 27.7 Å². The first-order valence-corrected chi connectivity index (χ1v) is 7.67. The second-order valence-electron chi connectivity index (χ2n) is 6.78. The van der Waals surface area contributed by atoms with Gasteiger partial charge in [-0.1, -0.05) is 42.5 Å². The van der Waals surface area contributed by atoms with Crippen molar-refractivity contribution in [3.05, 3.63) is 48.0 Å². The number of halogens is 3. The highest BCUT2D eigenvalue weighted by molar-refractivity contribution is 6.46. The van der Waals surface area contributed by atoms with Crippen LogP contribution in [0.25, 0.3) is 0 Å². The SMILES string of the molecule is CC1(C)OB(C/C=C/C(c2ccccc2)C(F)(F)F)OC1(C)C. The quantitative estimate of drug-likeness (QED) is 0.574. The van der Waals surface area contributed by atoms with E-state index in [0.717, 1.165) is 0 Å². The number of benzene rings is 1. The molecule has 1 aliphatic rings. The fourth-order valence-electron chi connectivity index (χ4n) is 2.46. The molecule has 1 unspecified atom stereocenters. The molecule has 6 heteroatoms. The maximum Gasteiger partial charge on any atom is 0.461 e. The van der Waals surface area contributed by atoms with Gasteiger partial charge in [0.25, 0.3) is 0 Å². The molecule has 23 heavy (non-hydrogen) atoms. The summed E-state index contributed by atoms with van der Waals surface area (Å²) in [6.45, 7) is 7.66. The molecule has 0 N–H and O–H groups in total. The first-order valence-electron chi connectivity index (χ1n) is 7.67. The summed E-state index contributed by atoms with van der Waals surface area (Å²) in [5.74, 6) is -1.62. The fraction of sp³-hybridized carbons (Fsp3) is 0.529. The first kappa shape index (κ1) is 18.1. The highest BCUT2D eigenvalue weighted by Gasteiger charge is 2.50. The average Bonchev–Trinajstić information content (AvgIpc) is 2.62. The lowest BCUT2D eigenvalue weighted by atomic mass is 9.84. The summed E-state index contributed by atoms with van der Waals surface area (Å²) in [6.07, 6.45) is -1.37. The lowest BCUT2D eigenvalue weighted by Gasteiger charge is -2.32. The van der Waals surface area contributed by atoms with Crippen LogP contribution in [0.3, 0.4) is 0 Å². The molecule has 1 heterocycles. The predicted molar refractivity (Wildman–Crippen MR) is 85.3 cm³/mol. The van der Waals surface area contributed by atoms with Gasteiger partial charge in [-0.05, 0) is 33.3 Å². The summed E-state index contributed by atoms with van der Waals surface area (Å²) < 4.78 is 51.3. The minimum absolute atomic E-state index is 0.227. The molecule has 126 valence electrons. The molecule has 0 amide bonds. The minimum Gasteiger partial charge on any atom is -0.403 e. The smallest absolute Gasteiger partial charge is 0.403 e. The molecule has 1 saturated heterocycles. The van der Waals surface area contributed by atoms with Crippen LogP contribution in [0.5, 0.6) is 0 Å². The minimum atomic E-state index is -4.33. The molecule has 1 aromatic rings. The Morgan fingerprint density at radius 2 is 1.57 bits per heavy atom. The van der Waals surface area contributed by atoms with Crippen LogP contribution in [0.4, 0.5) is 13.2 Å². The van der Waals surface area contributed by atoms with E-state index in [2.05, 4.69) is 0 Å². The lowest BCUT2D eigenvalue weighted by molar-refractivity contribution is -0.139. The van der Waals surface area contributed by atoms with E-state index in [1.54, 1.807) is 18.2 Å². The zero-order chi connectivity index (χ0) is 17.3. The molecule has 0 saturated carbocycles. The summed E-state index contributed by atoms with van der Waals surface area (Å²) in [5.41, 5.74) is -0.729. The van der Waals surface area contributed by atoms with Crippen molar-refractivity contribution in [2.24, 2.45) is 0 Å². The third kappa shape index (κ3) is 4.18. The monoisotopic (exact) mass is 326 g/mol. The Morgan fingerprint density at radius 1 is 1.04 bits per heavy atom. The van der Waals surface area contributed by atoms with E-state index in [0.29, 0.717) is 0 Å². The van der Waals surface area contributed by atoms with Gasteiger partial charge in [-0.3, -0.25) is 0 Å². The average molecular weight is 326 g/mol. The van der Waals surface area contributed by atoms with Crippen molar-refractivity contribution in [3.63, 3.8) is 0 Å². The van der Waals surface area contributed by atoms with Gasteiger partial charge in [0.05, 0.1) is 17.1 Å². The van der Waals surface area contributed by atoms with Crippen LogP contribution in [0, 0.1) is 0 Å². The van der Waals surface area contributed by atoms with Crippen LogP contribution in [0.1, 0.15) is 39.2 Å². The van der Waals surface area contributed by atoms with Crippen LogP contribution >= 0.6 is 0 Å². The van der Waals surface area contributed by atoms with Crippen molar-refractivity contribution < 1.29 is 22.5 Å². The van der Waals surface area contributed by atoms with Crippen molar-refractivity contribution in [1.29, 1.82) is 0 Å². The molecule has 0 spiro atoms. The van der Waals surface area contributed by atoms with Gasteiger partial charge in [-0.15, -0.1) is 0 Å². The molecule has 0 bridgehead atoms. The largest absolute Gasteiger partial charge is 0.461 e. The van der Waals surface area contributed by atoms with Crippen LogP contribution in [-0.2, 0) is 9.31 Å². The standard InChI is InChI=1S/C17H22BF3O2/c1-15(2)16(3,4)23-18(22-15)12-8-11-14(17(19,20)21)13-9-6-5-7-10-13/h5-11,14H,12H2,1-4H3/b11-8+. The maximum absolute atomic E-state index is 13.2. The normalized spacial score (nSPS) is 21.8. The Morgan fingerprint density at radius 3 is 2.04 bits per heavy atom. The van der Waals surface area contributed by atoms with Gasteiger partial charge in [0.2, 0.25) is 0 Å². The predicted octanol–water partition coefficient (Wildman–Crippen LogP) is 4.98. The topological polar surface area (TPSA) is 18.5 Å². The summed E-state index contributed by atoms with van der Waals surface area (Å²) in [5, 5.41) is 0. The molecule has 0 aromatic heterocycles. The molecule has 2 rings (SSSR count). The summed E-state index contributed by atoms with van der Waals surface area (Å²) in [6, 6.07) is 7.88. The van der Waals surface area contributed by atoms with Crippen LogP contribution in [0.2, 0.25) is 6.32 Å². The van der Waals surface area contributed by atoms with E-state index in [-0.39, 0.29) is 11.9 Å². The molecule has 0 radical (unpaired) electrons. The summed E-state index contributed by atoms with van der Waals surface area (Å²) >= 11 is 0. The molecule has 0 aliphatic carbocycles. The number of alkyl halides is 3. The first-order chi connectivity index (χ1) is 10.5. The van der Waals surface area contributed by atoms with E-state index < -0.39 is 30.4 Å². The Hall–Kier alpha value is -1.27. The molecule has 2 nitrogen and oxygen atoms in total. The van der Waals surface area contributed by atoms with Gasteiger partial charge in [0, 0.05) is 6.32 Å². The third-order valence-electron chi connectivity index (χ3n) is 4.47. The van der Waals surface area contributed by atoms with Gasteiger partial charge in [0.15, 0.2) is 0 Å². The number of hydrogen-bond donors (Lipinski definition) is 0. The second kappa shape index (κ2) is 6.32. The van der Waals surface area contributed by atoms with Crippen molar-refractivity contribution >= 4 is 7.12 Å². The summed E-state index contributed by atoms with van der Waals surface area (Å²) in [4.78, 5) is 0. The van der Waals surface area contributed by atoms with E-state index in [9.17, 15) is 13.2 Å². The number of allylic oxidation sites excluding steroid dienone is 2. The third-order valence-corrected chi connectivity index (χ3v) is 4.47. The molecule has 1 aliphatic heterocycles. The Bertz CT molecular complexity index is 537. The van der Waals surface area contributed by atoms with Crippen molar-refractivity contribution in [3.8, 4) is 0 Å². The van der Waals surface area contributed by atoms with Gasteiger partial charge in [0.1, 0.15) is 0 Å². The Balaban J connectivity index is 2.06. The van der Waals surface area contributed by atoms with E-state index in [1.165, 1.54) is 24.3 Å². The molecule has 1 aromatic carbocycles. The summed E-state index contributed by atoms with van der Waals surface area (Å²) in [7, 11) is -0.527. The number of hydrogen-bond acceptors (Lipinski definition) is 2. The second-order valence-corrected chi connectivity index (χ2v) is 6.78. The van der Waals surface area contributed by atoms with Gasteiger partial charge in [-0.2, -0.15) is 13.2 Å². The molecule has 1 fully saturated rings. The zero-order valence-corrected chi connectivity index (χ0v) is 13.9. The van der Waals surface area contributed by atoms with E-state index in [4.69, 9.17) is 9.31 Å². The highest BCUT2D eigenvalue weighted by atomic mass is 19.4. The van der Waals surface area contributed by atoms with Crippen LogP contribution in [0.15, 0.2) is 42.5 Å². The van der Waals surface area contributed by atoms with Gasteiger partial charge < -0.3 is 9.31 Å². The van der Waals surface area contributed by atoms with Gasteiger partial charge in [-0.25, -0.2) is 0 Å². The lowest BCUT2D eigenvalue weighted by Crippen LogP contribution is -2.41. The zero-order valence-electron chi connectivity index (χ0n) is 13.9. The number of rotatable bonds is 4. The van der Waals surface area contributed by atoms with E-state index >= 15 is 0 Å². The maximum atomic E-state index is 13.2. The molecule has 1 atom stereocenters. The molecular formula is C17H22BF3O2. The van der Waals surface area contributed by atoms with Crippen LogP contribution < -0.4 is 0 Å². The van der Waals surface area contributed by atoms with Crippen molar-refractivity contribution in [2.45, 2.75) is 57.3 Å². The van der Waals surface area contributed by atoms with Crippen molar-refractivity contribution in [2.75, 3.05) is 0 Å². The highest BCUT2D eigenvalue weighted by Crippen LogP contribution is 2.39. The van der Waals surface area contributed by atoms with Gasteiger partial charge >= 0.3 is 13.3 Å². The Labute approximate surface area is 135 Å². The Kier molecular flexibility index (Phi) is 4.97. The fourth-order valence-corrected chi connectivity index (χ4v) is 2.46. The molecular weight excluding hydrogens is 304 g/mol. The van der Waals surface area contributed by atoms with Crippen molar-refractivity contribution in [1.82, 2.24) is 0 Å².